The molecule has 2 aromatic carbocycles. The molecule has 2 aromatic rings. The summed E-state index contributed by atoms with van der Waals surface area (Å²) >= 11 is 6.07. The summed E-state index contributed by atoms with van der Waals surface area (Å²) in [6.07, 6.45) is -0.229. The average molecular weight is 378 g/mol. The van der Waals surface area contributed by atoms with E-state index in [0.29, 0.717) is 28.6 Å². The van der Waals surface area contributed by atoms with Crippen molar-refractivity contribution in [3.05, 3.63) is 53.1 Å². The second-order valence-corrected chi connectivity index (χ2v) is 6.00. The third-order valence-electron chi connectivity index (χ3n) is 3.59. The van der Waals surface area contributed by atoms with Crippen LogP contribution in [-0.2, 0) is 9.59 Å². The first-order chi connectivity index (χ1) is 12.4. The summed E-state index contributed by atoms with van der Waals surface area (Å²) in [6, 6.07) is 11.9. The van der Waals surface area contributed by atoms with Gasteiger partial charge in [0.05, 0.1) is 5.02 Å². The van der Waals surface area contributed by atoms with Gasteiger partial charge in [-0.05, 0) is 49.2 Å². The molecule has 1 unspecified atom stereocenters. The minimum Gasteiger partial charge on any atom is -0.482 e. The maximum atomic E-state index is 12.5. The van der Waals surface area contributed by atoms with Crippen LogP contribution in [0.2, 0.25) is 5.02 Å². The van der Waals surface area contributed by atoms with Crippen molar-refractivity contribution in [2.75, 3.05) is 11.9 Å². The summed E-state index contributed by atoms with van der Waals surface area (Å²) in [7, 11) is 0. The monoisotopic (exact) mass is 377 g/mol. The number of carboxylic acid groups (broad SMARTS) is 1. The lowest BCUT2D eigenvalue weighted by Gasteiger charge is -2.19. The molecule has 138 valence electrons. The van der Waals surface area contributed by atoms with Crippen molar-refractivity contribution < 1.29 is 24.2 Å². The lowest BCUT2D eigenvalue weighted by atomic mass is 10.1. The number of carbonyl (C=O) groups is 2. The van der Waals surface area contributed by atoms with E-state index in [1.165, 1.54) is 0 Å². The number of halogens is 1. The molecule has 7 heteroatoms. The molecule has 2 rings (SSSR count). The van der Waals surface area contributed by atoms with Crippen LogP contribution in [-0.4, -0.2) is 29.7 Å². The molecule has 0 fully saturated rings. The van der Waals surface area contributed by atoms with Gasteiger partial charge in [-0.1, -0.05) is 30.7 Å². The molecule has 0 aliphatic rings. The first-order valence-electron chi connectivity index (χ1n) is 8.08. The average Bonchev–Trinajstić information content (AvgIpc) is 2.61. The van der Waals surface area contributed by atoms with E-state index < -0.39 is 18.7 Å². The van der Waals surface area contributed by atoms with Crippen molar-refractivity contribution in [2.45, 2.75) is 26.4 Å². The van der Waals surface area contributed by atoms with Crippen LogP contribution in [0.15, 0.2) is 42.5 Å². The zero-order valence-electron chi connectivity index (χ0n) is 14.5. The number of aryl methyl sites for hydroxylation is 1. The van der Waals surface area contributed by atoms with E-state index in [1.807, 2.05) is 6.92 Å². The molecule has 0 saturated heterocycles. The van der Waals surface area contributed by atoms with Crippen molar-refractivity contribution in [1.82, 2.24) is 0 Å². The summed E-state index contributed by atoms with van der Waals surface area (Å²) in [4.78, 5) is 23.1. The zero-order chi connectivity index (χ0) is 19.1. The Labute approximate surface area is 156 Å². The van der Waals surface area contributed by atoms with Gasteiger partial charge in [0.2, 0.25) is 0 Å². The van der Waals surface area contributed by atoms with Crippen LogP contribution in [0.1, 0.15) is 18.9 Å². The lowest BCUT2D eigenvalue weighted by molar-refractivity contribution is -0.139. The van der Waals surface area contributed by atoms with E-state index in [-0.39, 0.29) is 5.91 Å². The van der Waals surface area contributed by atoms with Crippen LogP contribution in [0.4, 0.5) is 5.69 Å². The molecule has 6 nitrogen and oxygen atoms in total. The van der Waals surface area contributed by atoms with Gasteiger partial charge < -0.3 is 19.9 Å². The highest BCUT2D eigenvalue weighted by Crippen LogP contribution is 2.26. The molecule has 0 radical (unpaired) electrons. The molecule has 0 bridgehead atoms. The minimum atomic E-state index is -1.05. The number of ether oxygens (including phenoxy) is 2. The molecule has 0 spiro atoms. The Balaban J connectivity index is 2.05. The van der Waals surface area contributed by atoms with Crippen LogP contribution in [0.3, 0.4) is 0 Å². The summed E-state index contributed by atoms with van der Waals surface area (Å²) in [5.74, 6) is -0.482. The van der Waals surface area contributed by atoms with Gasteiger partial charge in [-0.15, -0.1) is 0 Å². The smallest absolute Gasteiger partial charge is 0.341 e. The molecule has 0 aliphatic heterocycles. The van der Waals surface area contributed by atoms with Crippen molar-refractivity contribution in [3.8, 4) is 11.5 Å². The molecule has 26 heavy (non-hydrogen) atoms. The number of hydrogen-bond acceptors (Lipinski definition) is 4. The molecule has 0 aromatic heterocycles. The Bertz CT molecular complexity index is 793. The van der Waals surface area contributed by atoms with Gasteiger partial charge >= 0.3 is 5.97 Å². The number of rotatable bonds is 8. The molecule has 0 aliphatic carbocycles. The predicted octanol–water partition coefficient (Wildman–Crippen LogP) is 3.91. The van der Waals surface area contributed by atoms with Crippen molar-refractivity contribution in [1.29, 1.82) is 0 Å². The van der Waals surface area contributed by atoms with E-state index in [0.717, 1.165) is 5.56 Å². The van der Waals surface area contributed by atoms with Crippen molar-refractivity contribution in [3.63, 3.8) is 0 Å². The summed E-state index contributed by atoms with van der Waals surface area (Å²) in [6.45, 7) is 3.21. The topological polar surface area (TPSA) is 84.9 Å². The molecule has 0 saturated carbocycles. The Morgan fingerprint density at radius 1 is 1.23 bits per heavy atom. The molecule has 2 N–H and O–H groups in total. The normalized spacial score (nSPS) is 11.5. The van der Waals surface area contributed by atoms with Gasteiger partial charge in [-0.3, -0.25) is 4.79 Å². The van der Waals surface area contributed by atoms with Gasteiger partial charge in [-0.2, -0.15) is 0 Å². The summed E-state index contributed by atoms with van der Waals surface area (Å²) in [5.41, 5.74) is 1.34. The van der Waals surface area contributed by atoms with E-state index in [9.17, 15) is 9.59 Å². The third kappa shape index (κ3) is 5.39. The number of amides is 1. The fraction of sp³-hybridized carbons (Fsp3) is 0.263. The Hall–Kier alpha value is -2.73. The maximum Gasteiger partial charge on any atom is 0.341 e. The van der Waals surface area contributed by atoms with Crippen molar-refractivity contribution in [2.24, 2.45) is 0 Å². The number of nitrogens with one attached hydrogen (secondary N) is 1. The van der Waals surface area contributed by atoms with Gasteiger partial charge in [0.25, 0.3) is 5.91 Å². The lowest BCUT2D eigenvalue weighted by Crippen LogP contribution is -2.32. The Morgan fingerprint density at radius 3 is 2.58 bits per heavy atom. The summed E-state index contributed by atoms with van der Waals surface area (Å²) in [5, 5.41) is 11.9. The molecular formula is C19H20ClNO5. The Kier molecular flexibility index (Phi) is 6.86. The van der Waals surface area contributed by atoms with E-state index in [4.69, 9.17) is 26.2 Å². The number of carbonyl (C=O) groups excluding carboxylic acids is 1. The first-order valence-corrected chi connectivity index (χ1v) is 8.45. The second-order valence-electron chi connectivity index (χ2n) is 5.59. The highest BCUT2D eigenvalue weighted by molar-refractivity contribution is 6.32. The number of para-hydroxylation sites is 1. The first kappa shape index (κ1) is 19.6. The van der Waals surface area contributed by atoms with E-state index in [1.54, 1.807) is 49.4 Å². The fourth-order valence-electron chi connectivity index (χ4n) is 2.24. The van der Waals surface area contributed by atoms with Gasteiger partial charge in [-0.25, -0.2) is 4.79 Å². The summed E-state index contributed by atoms with van der Waals surface area (Å²) < 4.78 is 10.8. The quantitative estimate of drug-likeness (QED) is 0.728. The number of anilines is 1. The van der Waals surface area contributed by atoms with Gasteiger partial charge in [0, 0.05) is 5.69 Å². The fourth-order valence-corrected chi connectivity index (χ4v) is 2.42. The second kappa shape index (κ2) is 9.10. The van der Waals surface area contributed by atoms with Crippen molar-refractivity contribution >= 4 is 29.2 Å². The van der Waals surface area contributed by atoms with Crippen LogP contribution >= 0.6 is 11.6 Å². The predicted molar refractivity (Wildman–Crippen MR) is 99.1 cm³/mol. The molecule has 0 heterocycles. The minimum absolute atomic E-state index is 0.297. The van der Waals surface area contributed by atoms with Crippen LogP contribution in [0, 0.1) is 6.92 Å². The van der Waals surface area contributed by atoms with E-state index >= 15 is 0 Å². The maximum absolute atomic E-state index is 12.5. The number of aliphatic carboxylic acids is 1. The SMILES string of the molecule is CCC(Oc1ccccc1Cl)C(=O)Nc1ccc(OCC(=O)O)cc1C. The molecule has 1 atom stereocenters. The largest absolute Gasteiger partial charge is 0.482 e. The number of hydrogen-bond donors (Lipinski definition) is 2. The highest BCUT2D eigenvalue weighted by atomic mass is 35.5. The standard InChI is InChI=1S/C19H20ClNO5/c1-3-16(26-17-7-5-4-6-14(17)20)19(24)21-15-9-8-13(10-12(15)2)25-11-18(22)23/h4-10,16H,3,11H2,1-2H3,(H,21,24)(H,22,23). The van der Waals surface area contributed by atoms with Gasteiger partial charge in [0.1, 0.15) is 11.5 Å². The van der Waals surface area contributed by atoms with E-state index in [2.05, 4.69) is 5.32 Å². The van der Waals surface area contributed by atoms with Crippen LogP contribution in [0.5, 0.6) is 11.5 Å². The van der Waals surface area contributed by atoms with Crippen LogP contribution < -0.4 is 14.8 Å². The zero-order valence-corrected chi connectivity index (χ0v) is 15.2. The highest BCUT2D eigenvalue weighted by Gasteiger charge is 2.20. The van der Waals surface area contributed by atoms with Gasteiger partial charge in [0.15, 0.2) is 12.7 Å². The van der Waals surface area contributed by atoms with Crippen LogP contribution in [0.25, 0.3) is 0 Å². The third-order valence-corrected chi connectivity index (χ3v) is 3.90. The Morgan fingerprint density at radius 2 is 1.96 bits per heavy atom. The molecular weight excluding hydrogens is 358 g/mol. The molecule has 1 amide bonds. The number of carboxylic acids is 1. The number of benzene rings is 2.